The predicted molar refractivity (Wildman–Crippen MR) is 66.8 cm³/mol. The molecule has 1 fully saturated rings. The Morgan fingerprint density at radius 3 is 2.19 bits per heavy atom. The van der Waals surface area contributed by atoms with E-state index in [1.165, 1.54) is 0 Å². The van der Waals surface area contributed by atoms with Gasteiger partial charge in [0, 0.05) is 12.0 Å². The first-order valence-corrected chi connectivity index (χ1v) is 8.82. The molecule has 0 aliphatic heterocycles. The monoisotopic (exact) mass is 248 g/mol. The first kappa shape index (κ1) is 14.1. The molecule has 1 saturated carbocycles. The summed E-state index contributed by atoms with van der Waals surface area (Å²) in [4.78, 5) is 0. The minimum atomic E-state index is -1.80. The minimum Gasteiger partial charge on any atom is -0.416 e. The summed E-state index contributed by atoms with van der Waals surface area (Å²) in [5, 5.41) is 9.12. The number of halogens is 1. The molecule has 4 heteroatoms. The number of hydrogen-bond acceptors (Lipinski definition) is 2. The molecule has 0 amide bonds. The van der Waals surface area contributed by atoms with Gasteiger partial charge in [-0.1, -0.05) is 27.7 Å². The molecule has 0 aromatic carbocycles. The molecule has 16 heavy (non-hydrogen) atoms. The van der Waals surface area contributed by atoms with Crippen LogP contribution in [0.25, 0.3) is 0 Å². The Labute approximate surface area is 99.3 Å². The highest BCUT2D eigenvalue weighted by molar-refractivity contribution is 6.74. The second-order valence-electron chi connectivity index (χ2n) is 6.91. The zero-order valence-corrected chi connectivity index (χ0v) is 12.4. The molecular weight excluding hydrogens is 223 g/mol. The maximum atomic E-state index is 13.8. The SMILES string of the molecule is CC(C)(C)[Si](C)(C)OC[C@]1(C)C[C@@]1(F)CO. The van der Waals surface area contributed by atoms with Crippen molar-refractivity contribution in [2.75, 3.05) is 13.2 Å². The van der Waals surface area contributed by atoms with Gasteiger partial charge in [0.15, 0.2) is 8.32 Å². The first-order chi connectivity index (χ1) is 6.97. The van der Waals surface area contributed by atoms with E-state index in [-0.39, 0.29) is 11.6 Å². The summed E-state index contributed by atoms with van der Waals surface area (Å²) in [6.07, 6.45) is 0.422. The van der Waals surface area contributed by atoms with E-state index < -0.39 is 19.4 Å². The molecule has 0 bridgehead atoms. The molecule has 2 atom stereocenters. The van der Waals surface area contributed by atoms with Crippen molar-refractivity contribution in [2.24, 2.45) is 5.41 Å². The van der Waals surface area contributed by atoms with Gasteiger partial charge in [-0.15, -0.1) is 0 Å². The van der Waals surface area contributed by atoms with Gasteiger partial charge in [-0.2, -0.15) is 0 Å². The number of alkyl halides is 1. The van der Waals surface area contributed by atoms with Crippen LogP contribution < -0.4 is 0 Å². The van der Waals surface area contributed by atoms with Crippen LogP contribution in [0.1, 0.15) is 34.1 Å². The maximum Gasteiger partial charge on any atom is 0.192 e. The molecule has 0 aromatic rings. The number of rotatable bonds is 4. The van der Waals surface area contributed by atoms with Gasteiger partial charge in [0.25, 0.3) is 0 Å². The number of aliphatic hydroxyl groups is 1. The van der Waals surface area contributed by atoms with Crippen molar-refractivity contribution >= 4 is 8.32 Å². The molecule has 1 N–H and O–H groups in total. The van der Waals surface area contributed by atoms with Crippen LogP contribution in [0.5, 0.6) is 0 Å². The molecule has 0 heterocycles. The second kappa shape index (κ2) is 3.78. The van der Waals surface area contributed by atoms with Crippen molar-refractivity contribution in [1.82, 2.24) is 0 Å². The third-order valence-corrected chi connectivity index (χ3v) is 8.91. The van der Waals surface area contributed by atoms with Crippen molar-refractivity contribution in [3.63, 3.8) is 0 Å². The quantitative estimate of drug-likeness (QED) is 0.775. The zero-order chi connectivity index (χ0) is 12.8. The fourth-order valence-electron chi connectivity index (χ4n) is 1.56. The molecule has 1 aliphatic rings. The molecule has 0 radical (unpaired) electrons. The average molecular weight is 248 g/mol. The first-order valence-electron chi connectivity index (χ1n) is 5.91. The van der Waals surface area contributed by atoms with Crippen molar-refractivity contribution in [1.29, 1.82) is 0 Å². The summed E-state index contributed by atoms with van der Waals surface area (Å²) in [5.41, 5.74) is -1.88. The Balaban J connectivity index is 2.55. The molecule has 0 aromatic heterocycles. The summed E-state index contributed by atoms with van der Waals surface area (Å²) in [6, 6.07) is 0. The highest BCUT2D eigenvalue weighted by atomic mass is 28.4. The standard InChI is InChI=1S/C12H25FO2Si/c1-10(2,3)16(5,6)15-9-11(4)7-12(11,13)8-14/h14H,7-9H2,1-6H3/t11-,12+/m0/s1. The van der Waals surface area contributed by atoms with E-state index in [2.05, 4.69) is 33.9 Å². The third-order valence-electron chi connectivity index (χ3n) is 4.44. The van der Waals surface area contributed by atoms with Gasteiger partial charge >= 0.3 is 0 Å². The lowest BCUT2D eigenvalue weighted by Crippen LogP contribution is -2.42. The van der Waals surface area contributed by atoms with Crippen LogP contribution in [0.3, 0.4) is 0 Å². The van der Waals surface area contributed by atoms with Crippen LogP contribution in [-0.2, 0) is 4.43 Å². The molecule has 96 valence electrons. The van der Waals surface area contributed by atoms with Crippen molar-refractivity contribution in [2.45, 2.75) is 57.9 Å². The molecular formula is C12H25FO2Si. The third kappa shape index (κ3) is 2.34. The Kier molecular flexibility index (Phi) is 3.34. The Bertz CT molecular complexity index is 275. The van der Waals surface area contributed by atoms with Gasteiger partial charge in [0.1, 0.15) is 5.67 Å². The van der Waals surface area contributed by atoms with E-state index in [0.717, 1.165) is 0 Å². The molecule has 0 spiro atoms. The molecule has 0 unspecified atom stereocenters. The van der Waals surface area contributed by atoms with Crippen LogP contribution in [0.2, 0.25) is 18.1 Å². The lowest BCUT2D eigenvalue weighted by molar-refractivity contribution is 0.0959. The summed E-state index contributed by atoms with van der Waals surface area (Å²) in [6.45, 7) is 12.7. The smallest absolute Gasteiger partial charge is 0.192 e. The number of aliphatic hydroxyl groups excluding tert-OH is 1. The van der Waals surface area contributed by atoms with Crippen molar-refractivity contribution in [3.8, 4) is 0 Å². The van der Waals surface area contributed by atoms with Crippen LogP contribution >= 0.6 is 0 Å². The largest absolute Gasteiger partial charge is 0.416 e. The Morgan fingerprint density at radius 2 is 1.88 bits per heavy atom. The van der Waals surface area contributed by atoms with Gasteiger partial charge in [0.05, 0.1) is 6.61 Å². The summed E-state index contributed by atoms with van der Waals surface area (Å²) in [7, 11) is -1.80. The van der Waals surface area contributed by atoms with Crippen LogP contribution in [0.15, 0.2) is 0 Å². The Morgan fingerprint density at radius 1 is 1.38 bits per heavy atom. The van der Waals surface area contributed by atoms with Crippen LogP contribution in [0.4, 0.5) is 4.39 Å². The number of hydrogen-bond donors (Lipinski definition) is 1. The molecule has 1 aliphatic carbocycles. The summed E-state index contributed by atoms with van der Waals surface area (Å²) >= 11 is 0. The second-order valence-corrected chi connectivity index (χ2v) is 11.7. The highest BCUT2D eigenvalue weighted by Crippen LogP contribution is 2.59. The van der Waals surface area contributed by atoms with Gasteiger partial charge in [0.2, 0.25) is 0 Å². The highest BCUT2D eigenvalue weighted by Gasteiger charge is 2.66. The Hall–Kier alpha value is 0.0669. The lowest BCUT2D eigenvalue weighted by Gasteiger charge is -2.37. The lowest BCUT2D eigenvalue weighted by atomic mass is 10.1. The van der Waals surface area contributed by atoms with E-state index in [1.807, 2.05) is 6.92 Å². The maximum absolute atomic E-state index is 13.8. The summed E-state index contributed by atoms with van der Waals surface area (Å²) in [5.74, 6) is 0. The van der Waals surface area contributed by atoms with Gasteiger partial charge in [-0.3, -0.25) is 0 Å². The normalized spacial score (nSPS) is 35.2. The van der Waals surface area contributed by atoms with Gasteiger partial charge in [-0.05, 0) is 24.6 Å². The van der Waals surface area contributed by atoms with E-state index in [1.54, 1.807) is 0 Å². The molecule has 1 rings (SSSR count). The van der Waals surface area contributed by atoms with Crippen LogP contribution in [-0.4, -0.2) is 32.3 Å². The van der Waals surface area contributed by atoms with Gasteiger partial charge < -0.3 is 9.53 Å². The van der Waals surface area contributed by atoms with E-state index >= 15 is 0 Å². The fourth-order valence-corrected chi connectivity index (χ4v) is 2.67. The van der Waals surface area contributed by atoms with Crippen LogP contribution in [0, 0.1) is 5.41 Å². The van der Waals surface area contributed by atoms with Crippen molar-refractivity contribution in [3.05, 3.63) is 0 Å². The van der Waals surface area contributed by atoms with E-state index in [4.69, 9.17) is 9.53 Å². The predicted octanol–water partition coefficient (Wildman–Crippen LogP) is 3.12. The zero-order valence-electron chi connectivity index (χ0n) is 11.4. The molecule has 2 nitrogen and oxygen atoms in total. The van der Waals surface area contributed by atoms with E-state index in [0.29, 0.717) is 13.0 Å². The van der Waals surface area contributed by atoms with Crippen molar-refractivity contribution < 1.29 is 13.9 Å². The fraction of sp³-hybridized carbons (Fsp3) is 1.00. The average Bonchev–Trinajstić information content (AvgIpc) is 2.66. The topological polar surface area (TPSA) is 29.5 Å². The van der Waals surface area contributed by atoms with Gasteiger partial charge in [-0.25, -0.2) is 4.39 Å². The minimum absolute atomic E-state index is 0.149. The van der Waals surface area contributed by atoms with E-state index in [9.17, 15) is 4.39 Å². The molecule has 0 saturated heterocycles. The summed E-state index contributed by atoms with van der Waals surface area (Å²) < 4.78 is 19.8.